The van der Waals surface area contributed by atoms with Crippen molar-refractivity contribution in [2.45, 2.75) is 43.6 Å². The van der Waals surface area contributed by atoms with Crippen LogP contribution in [0.2, 0.25) is 0 Å². The first-order valence-electron chi connectivity index (χ1n) is 8.39. The molecule has 1 saturated heterocycles. The van der Waals surface area contributed by atoms with E-state index in [1.807, 2.05) is 42.2 Å². The molecule has 0 spiro atoms. The predicted octanol–water partition coefficient (Wildman–Crippen LogP) is 2.46. The number of hydrogen-bond acceptors (Lipinski definition) is 5. The summed E-state index contributed by atoms with van der Waals surface area (Å²) < 4.78 is 1.75. The maximum absolute atomic E-state index is 12.6. The van der Waals surface area contributed by atoms with Crippen LogP contribution in [0.3, 0.4) is 0 Å². The minimum absolute atomic E-state index is 0.182. The molecule has 0 saturated carbocycles. The Morgan fingerprint density at radius 1 is 1.29 bits per heavy atom. The number of hydrogen-bond donors (Lipinski definition) is 0. The summed E-state index contributed by atoms with van der Waals surface area (Å²) >= 11 is 1.43. The van der Waals surface area contributed by atoms with Crippen LogP contribution in [-0.4, -0.2) is 49.4 Å². The largest absolute Gasteiger partial charge is 0.342 e. The van der Waals surface area contributed by atoms with Gasteiger partial charge in [0.1, 0.15) is 0 Å². The zero-order chi connectivity index (χ0) is 16.9. The van der Waals surface area contributed by atoms with Crippen molar-refractivity contribution >= 4 is 17.7 Å². The number of benzene rings is 1. The van der Waals surface area contributed by atoms with Gasteiger partial charge in [-0.1, -0.05) is 49.0 Å². The molecule has 2 heterocycles. The highest BCUT2D eigenvalue weighted by molar-refractivity contribution is 8.00. The molecule has 1 aromatic heterocycles. The lowest BCUT2D eigenvalue weighted by atomic mass is 9.99. The third kappa shape index (κ3) is 4.14. The molecule has 128 valence electrons. The maximum atomic E-state index is 12.6. The SMILES string of the molecule is CC1CCN(C(=O)C(C)Sc2nnnn2Cc2ccccc2)CC1. The molecule has 1 atom stereocenters. The minimum atomic E-state index is -0.182. The van der Waals surface area contributed by atoms with E-state index in [4.69, 9.17) is 0 Å². The Kier molecular flexibility index (Phi) is 5.50. The molecule has 6 nitrogen and oxygen atoms in total. The van der Waals surface area contributed by atoms with Crippen LogP contribution in [-0.2, 0) is 11.3 Å². The molecule has 0 bridgehead atoms. The normalized spacial score (nSPS) is 17.0. The van der Waals surface area contributed by atoms with Crippen LogP contribution in [0.25, 0.3) is 0 Å². The summed E-state index contributed by atoms with van der Waals surface area (Å²) in [4.78, 5) is 14.6. The summed E-state index contributed by atoms with van der Waals surface area (Å²) in [7, 11) is 0. The Morgan fingerprint density at radius 2 is 2.00 bits per heavy atom. The lowest BCUT2D eigenvalue weighted by Gasteiger charge is -2.31. The van der Waals surface area contributed by atoms with Crippen LogP contribution in [0, 0.1) is 5.92 Å². The lowest BCUT2D eigenvalue weighted by Crippen LogP contribution is -2.41. The average Bonchev–Trinajstić information content (AvgIpc) is 3.02. The molecule has 1 aliphatic heterocycles. The number of piperidine rings is 1. The van der Waals surface area contributed by atoms with Gasteiger partial charge in [-0.25, -0.2) is 4.68 Å². The van der Waals surface area contributed by atoms with E-state index in [0.717, 1.165) is 37.4 Å². The second-order valence-corrected chi connectivity index (χ2v) is 7.68. The number of amides is 1. The van der Waals surface area contributed by atoms with Gasteiger partial charge in [0.05, 0.1) is 11.8 Å². The topological polar surface area (TPSA) is 63.9 Å². The molecule has 1 fully saturated rings. The zero-order valence-electron chi connectivity index (χ0n) is 14.1. The summed E-state index contributed by atoms with van der Waals surface area (Å²) in [5.74, 6) is 0.899. The first-order valence-corrected chi connectivity index (χ1v) is 9.27. The molecule has 7 heteroatoms. The maximum Gasteiger partial charge on any atom is 0.235 e. The monoisotopic (exact) mass is 345 g/mol. The van der Waals surface area contributed by atoms with Gasteiger partial charge in [0.15, 0.2) is 0 Å². The van der Waals surface area contributed by atoms with Gasteiger partial charge in [-0.15, -0.1) is 5.10 Å². The fraction of sp³-hybridized carbons (Fsp3) is 0.529. The van der Waals surface area contributed by atoms with Crippen LogP contribution in [0.1, 0.15) is 32.3 Å². The Bertz CT molecular complexity index is 667. The second-order valence-electron chi connectivity index (χ2n) is 6.37. The summed E-state index contributed by atoms with van der Waals surface area (Å²) in [6, 6.07) is 10.1. The van der Waals surface area contributed by atoms with Crippen LogP contribution in [0.5, 0.6) is 0 Å². The zero-order valence-corrected chi connectivity index (χ0v) is 14.9. The Balaban J connectivity index is 1.61. The molecule has 2 aromatic rings. The van der Waals surface area contributed by atoms with Crippen molar-refractivity contribution in [1.29, 1.82) is 0 Å². The van der Waals surface area contributed by atoms with Gasteiger partial charge < -0.3 is 4.90 Å². The highest BCUT2D eigenvalue weighted by Crippen LogP contribution is 2.24. The third-order valence-electron chi connectivity index (χ3n) is 4.40. The molecular formula is C17H23N5OS. The number of rotatable bonds is 5. The summed E-state index contributed by atoms with van der Waals surface area (Å²) in [5.41, 5.74) is 1.13. The first kappa shape index (κ1) is 17.0. The standard InChI is InChI=1S/C17H23N5OS/c1-13-8-10-21(11-9-13)16(23)14(2)24-17-18-19-20-22(17)12-15-6-4-3-5-7-15/h3-7,13-14H,8-12H2,1-2H3. The van der Waals surface area contributed by atoms with Gasteiger partial charge in [0, 0.05) is 13.1 Å². The Morgan fingerprint density at radius 3 is 2.71 bits per heavy atom. The van der Waals surface area contributed by atoms with Crippen molar-refractivity contribution in [2.24, 2.45) is 5.92 Å². The van der Waals surface area contributed by atoms with Gasteiger partial charge >= 0.3 is 0 Å². The number of thioether (sulfide) groups is 1. The van der Waals surface area contributed by atoms with Gasteiger partial charge in [-0.3, -0.25) is 4.79 Å². The van der Waals surface area contributed by atoms with Crippen LogP contribution < -0.4 is 0 Å². The van der Waals surface area contributed by atoms with Crippen LogP contribution >= 0.6 is 11.8 Å². The van der Waals surface area contributed by atoms with Crippen molar-refractivity contribution in [1.82, 2.24) is 25.1 Å². The molecule has 1 unspecified atom stereocenters. The molecule has 1 aromatic carbocycles. The van der Waals surface area contributed by atoms with Crippen molar-refractivity contribution < 1.29 is 4.79 Å². The summed E-state index contributed by atoms with van der Waals surface area (Å²) in [6.07, 6.45) is 2.18. The molecule has 0 N–H and O–H groups in total. The number of aromatic nitrogens is 4. The third-order valence-corrected chi connectivity index (χ3v) is 5.46. The number of tetrazole rings is 1. The fourth-order valence-corrected chi connectivity index (χ4v) is 3.70. The molecular weight excluding hydrogens is 322 g/mol. The summed E-state index contributed by atoms with van der Waals surface area (Å²) in [6.45, 7) is 6.52. The quantitative estimate of drug-likeness (QED) is 0.779. The molecule has 1 amide bonds. The molecule has 3 rings (SSSR count). The van der Waals surface area contributed by atoms with E-state index in [0.29, 0.717) is 11.7 Å². The van der Waals surface area contributed by atoms with Crippen molar-refractivity contribution in [3.8, 4) is 0 Å². The Hall–Kier alpha value is -1.89. The predicted molar refractivity (Wildman–Crippen MR) is 93.7 cm³/mol. The van der Waals surface area contributed by atoms with Crippen molar-refractivity contribution in [3.63, 3.8) is 0 Å². The van der Waals surface area contributed by atoms with E-state index in [2.05, 4.69) is 22.4 Å². The number of carbonyl (C=O) groups excluding carboxylic acids is 1. The Labute approximate surface area is 146 Å². The second kappa shape index (κ2) is 7.79. The molecule has 0 aliphatic carbocycles. The van der Waals surface area contributed by atoms with Crippen molar-refractivity contribution in [3.05, 3.63) is 35.9 Å². The number of carbonyl (C=O) groups is 1. The van der Waals surface area contributed by atoms with Gasteiger partial charge in [0.25, 0.3) is 0 Å². The van der Waals surface area contributed by atoms with Gasteiger partial charge in [-0.05, 0) is 41.7 Å². The van der Waals surface area contributed by atoms with Crippen LogP contribution in [0.15, 0.2) is 35.5 Å². The molecule has 24 heavy (non-hydrogen) atoms. The lowest BCUT2D eigenvalue weighted by molar-refractivity contribution is -0.131. The van der Waals surface area contributed by atoms with Gasteiger partial charge in [-0.2, -0.15) is 0 Å². The van der Waals surface area contributed by atoms with Gasteiger partial charge in [0.2, 0.25) is 11.1 Å². The fourth-order valence-electron chi connectivity index (χ4n) is 2.83. The number of likely N-dealkylation sites (tertiary alicyclic amines) is 1. The van der Waals surface area contributed by atoms with E-state index < -0.39 is 0 Å². The van der Waals surface area contributed by atoms with E-state index in [-0.39, 0.29) is 11.2 Å². The van der Waals surface area contributed by atoms with E-state index in [1.54, 1.807) is 4.68 Å². The molecule has 1 aliphatic rings. The smallest absolute Gasteiger partial charge is 0.235 e. The minimum Gasteiger partial charge on any atom is -0.342 e. The van der Waals surface area contributed by atoms with Crippen LogP contribution in [0.4, 0.5) is 0 Å². The van der Waals surface area contributed by atoms with E-state index in [1.165, 1.54) is 11.8 Å². The first-order chi connectivity index (χ1) is 11.6. The summed E-state index contributed by atoms with van der Waals surface area (Å²) in [5, 5.41) is 12.4. The average molecular weight is 345 g/mol. The van der Waals surface area contributed by atoms with Crippen molar-refractivity contribution in [2.75, 3.05) is 13.1 Å². The van der Waals surface area contributed by atoms with E-state index in [9.17, 15) is 4.79 Å². The molecule has 0 radical (unpaired) electrons. The number of nitrogens with zero attached hydrogens (tertiary/aromatic N) is 5. The highest BCUT2D eigenvalue weighted by atomic mass is 32.2. The highest BCUT2D eigenvalue weighted by Gasteiger charge is 2.26. The van der Waals surface area contributed by atoms with E-state index >= 15 is 0 Å².